The van der Waals surface area contributed by atoms with Crippen molar-refractivity contribution in [2.45, 2.75) is 32.6 Å². The first-order valence-corrected chi connectivity index (χ1v) is 5.26. The molecule has 0 aliphatic rings. The zero-order valence-corrected chi connectivity index (χ0v) is 8.67. The van der Waals surface area contributed by atoms with Crippen LogP contribution in [-0.4, -0.2) is 6.54 Å². The van der Waals surface area contributed by atoms with Crippen molar-refractivity contribution in [2.24, 2.45) is 0 Å². The Morgan fingerprint density at radius 2 is 2.07 bits per heavy atom. The summed E-state index contributed by atoms with van der Waals surface area (Å²) in [7, 11) is 0. The van der Waals surface area contributed by atoms with Crippen LogP contribution in [0.4, 0.5) is 10.1 Å². The lowest BCUT2D eigenvalue weighted by Gasteiger charge is -2.02. The van der Waals surface area contributed by atoms with Crippen LogP contribution in [0.3, 0.4) is 0 Å². The third-order valence-corrected chi connectivity index (χ3v) is 2.11. The minimum atomic E-state index is -0.209. The van der Waals surface area contributed by atoms with Crippen LogP contribution in [0, 0.1) is 5.82 Å². The first kappa shape index (κ1) is 11.0. The molecule has 1 rings (SSSR count). The molecule has 0 aromatic heterocycles. The number of unbranched alkanes of at least 4 members (excludes halogenated alkanes) is 3. The van der Waals surface area contributed by atoms with E-state index < -0.39 is 0 Å². The van der Waals surface area contributed by atoms with Crippen LogP contribution in [-0.2, 0) is 0 Å². The molecule has 1 aromatic carbocycles. The van der Waals surface area contributed by atoms with Gasteiger partial charge in [0.25, 0.3) is 0 Å². The van der Waals surface area contributed by atoms with Gasteiger partial charge in [-0.1, -0.05) is 32.3 Å². The molecule has 0 saturated carbocycles. The molecule has 0 heterocycles. The number of halogens is 1. The largest absolute Gasteiger partial charge is 0.285 e. The minimum Gasteiger partial charge on any atom is -0.285 e. The van der Waals surface area contributed by atoms with E-state index in [0.717, 1.165) is 18.7 Å². The molecule has 1 aromatic rings. The van der Waals surface area contributed by atoms with Crippen LogP contribution < -0.4 is 5.32 Å². The smallest absolute Gasteiger partial charge is 0.125 e. The SMILES string of the molecule is CCCCCC[N]c1cccc(F)c1. The van der Waals surface area contributed by atoms with Gasteiger partial charge in [0, 0.05) is 6.54 Å². The summed E-state index contributed by atoms with van der Waals surface area (Å²) >= 11 is 0. The molecular weight excluding hydrogens is 177 g/mol. The maximum atomic E-state index is 12.7. The van der Waals surface area contributed by atoms with Crippen LogP contribution >= 0.6 is 0 Å². The molecule has 77 valence electrons. The monoisotopic (exact) mass is 194 g/mol. The second-order valence-electron chi connectivity index (χ2n) is 3.42. The van der Waals surface area contributed by atoms with Gasteiger partial charge >= 0.3 is 0 Å². The van der Waals surface area contributed by atoms with Crippen LogP contribution in [0.5, 0.6) is 0 Å². The van der Waals surface area contributed by atoms with Gasteiger partial charge in [-0.3, -0.25) is 5.32 Å². The van der Waals surface area contributed by atoms with E-state index in [1.807, 2.05) is 6.07 Å². The fraction of sp³-hybridized carbons (Fsp3) is 0.500. The molecule has 0 aliphatic carbocycles. The van der Waals surface area contributed by atoms with E-state index in [1.165, 1.54) is 31.4 Å². The van der Waals surface area contributed by atoms with E-state index in [9.17, 15) is 4.39 Å². The highest BCUT2D eigenvalue weighted by Crippen LogP contribution is 2.09. The Bertz CT molecular complexity index is 260. The molecule has 14 heavy (non-hydrogen) atoms. The van der Waals surface area contributed by atoms with Crippen molar-refractivity contribution in [3.8, 4) is 0 Å². The van der Waals surface area contributed by atoms with E-state index in [-0.39, 0.29) is 5.82 Å². The summed E-state index contributed by atoms with van der Waals surface area (Å²) in [6, 6.07) is 6.44. The van der Waals surface area contributed by atoms with Gasteiger partial charge in [0.15, 0.2) is 0 Å². The Kier molecular flexibility index (Phi) is 5.05. The summed E-state index contributed by atoms with van der Waals surface area (Å²) in [4.78, 5) is 0. The average molecular weight is 194 g/mol. The zero-order chi connectivity index (χ0) is 10.2. The summed E-state index contributed by atoms with van der Waals surface area (Å²) in [5.74, 6) is -0.209. The molecule has 0 aliphatic heterocycles. The minimum absolute atomic E-state index is 0.209. The number of rotatable bonds is 6. The second-order valence-corrected chi connectivity index (χ2v) is 3.42. The lowest BCUT2D eigenvalue weighted by molar-refractivity contribution is 0.621. The molecule has 0 amide bonds. The normalized spacial score (nSPS) is 10.1. The van der Waals surface area contributed by atoms with Crippen molar-refractivity contribution in [1.82, 2.24) is 5.32 Å². The molecular formula is C12H17FN. The first-order chi connectivity index (χ1) is 6.83. The fourth-order valence-electron chi connectivity index (χ4n) is 1.32. The number of benzene rings is 1. The van der Waals surface area contributed by atoms with Gasteiger partial charge in [0.1, 0.15) is 5.82 Å². The van der Waals surface area contributed by atoms with E-state index in [0.29, 0.717) is 0 Å². The van der Waals surface area contributed by atoms with Crippen LogP contribution in [0.25, 0.3) is 0 Å². The third-order valence-electron chi connectivity index (χ3n) is 2.11. The van der Waals surface area contributed by atoms with Gasteiger partial charge in [0.05, 0.1) is 5.69 Å². The molecule has 0 fully saturated rings. The summed E-state index contributed by atoms with van der Waals surface area (Å²) in [5, 5.41) is 4.30. The molecule has 1 nitrogen and oxygen atoms in total. The van der Waals surface area contributed by atoms with Gasteiger partial charge < -0.3 is 0 Å². The van der Waals surface area contributed by atoms with Gasteiger partial charge in [0.2, 0.25) is 0 Å². The van der Waals surface area contributed by atoms with Crippen LogP contribution in [0.15, 0.2) is 24.3 Å². The standard InChI is InChI=1S/C12H17FN/c1-2-3-4-5-9-14-12-8-6-7-11(13)10-12/h6-8,10H,2-5,9H2,1H3. The van der Waals surface area contributed by atoms with Crippen molar-refractivity contribution in [3.63, 3.8) is 0 Å². The quantitative estimate of drug-likeness (QED) is 0.614. The zero-order valence-electron chi connectivity index (χ0n) is 8.67. The Balaban J connectivity index is 2.18. The van der Waals surface area contributed by atoms with Crippen molar-refractivity contribution in [3.05, 3.63) is 30.1 Å². The highest BCUT2D eigenvalue weighted by atomic mass is 19.1. The third kappa shape index (κ3) is 4.26. The molecule has 0 atom stereocenters. The van der Waals surface area contributed by atoms with Gasteiger partial charge in [-0.15, -0.1) is 0 Å². The van der Waals surface area contributed by atoms with Gasteiger partial charge in [-0.25, -0.2) is 4.39 Å². The van der Waals surface area contributed by atoms with E-state index in [1.54, 1.807) is 6.07 Å². The average Bonchev–Trinajstić information content (AvgIpc) is 2.18. The van der Waals surface area contributed by atoms with Gasteiger partial charge in [-0.2, -0.15) is 0 Å². The Hall–Kier alpha value is -1.05. The Labute approximate surface area is 85.3 Å². The summed E-state index contributed by atoms with van der Waals surface area (Å²) in [5.41, 5.74) is 0.751. The summed E-state index contributed by atoms with van der Waals surface area (Å²) in [6.07, 6.45) is 4.82. The highest BCUT2D eigenvalue weighted by Gasteiger charge is 1.95. The van der Waals surface area contributed by atoms with Gasteiger partial charge in [-0.05, 0) is 24.6 Å². The molecule has 0 spiro atoms. The topological polar surface area (TPSA) is 14.1 Å². The lowest BCUT2D eigenvalue weighted by Crippen LogP contribution is -1.99. The Morgan fingerprint density at radius 3 is 2.79 bits per heavy atom. The van der Waals surface area contributed by atoms with E-state index >= 15 is 0 Å². The number of hydrogen-bond donors (Lipinski definition) is 0. The molecule has 0 unspecified atom stereocenters. The molecule has 0 saturated heterocycles. The van der Waals surface area contributed by atoms with Crippen molar-refractivity contribution < 1.29 is 4.39 Å². The molecule has 0 bridgehead atoms. The highest BCUT2D eigenvalue weighted by molar-refractivity contribution is 5.35. The predicted octanol–water partition coefficient (Wildman–Crippen LogP) is 3.64. The lowest BCUT2D eigenvalue weighted by atomic mass is 10.2. The van der Waals surface area contributed by atoms with E-state index in [2.05, 4.69) is 12.2 Å². The second kappa shape index (κ2) is 6.41. The van der Waals surface area contributed by atoms with Crippen molar-refractivity contribution in [2.75, 3.05) is 6.54 Å². The molecule has 0 N–H and O–H groups in total. The van der Waals surface area contributed by atoms with Crippen LogP contribution in [0.2, 0.25) is 0 Å². The maximum Gasteiger partial charge on any atom is 0.125 e. The molecule has 2 heteroatoms. The maximum absolute atomic E-state index is 12.7. The van der Waals surface area contributed by atoms with Crippen LogP contribution in [0.1, 0.15) is 32.6 Å². The number of nitrogens with zero attached hydrogens (tertiary/aromatic N) is 1. The summed E-state index contributed by atoms with van der Waals surface area (Å²) in [6.45, 7) is 2.99. The first-order valence-electron chi connectivity index (χ1n) is 5.26. The van der Waals surface area contributed by atoms with Crippen molar-refractivity contribution in [1.29, 1.82) is 0 Å². The van der Waals surface area contributed by atoms with Crippen molar-refractivity contribution >= 4 is 5.69 Å². The molecule has 1 radical (unpaired) electrons. The van der Waals surface area contributed by atoms with E-state index in [4.69, 9.17) is 0 Å². The predicted molar refractivity (Wildman–Crippen MR) is 57.2 cm³/mol. The Morgan fingerprint density at radius 1 is 1.21 bits per heavy atom. The summed E-state index contributed by atoms with van der Waals surface area (Å²) < 4.78 is 12.7. The number of hydrogen-bond acceptors (Lipinski definition) is 0. The fourth-order valence-corrected chi connectivity index (χ4v) is 1.32.